The van der Waals surface area contributed by atoms with Crippen molar-refractivity contribution in [3.8, 4) is 17.0 Å². The summed E-state index contributed by atoms with van der Waals surface area (Å²) < 4.78 is 5.22. The molecule has 1 aliphatic heterocycles. The van der Waals surface area contributed by atoms with Crippen LogP contribution >= 0.6 is 11.6 Å². The highest BCUT2D eigenvalue weighted by Crippen LogP contribution is 2.58. The average molecular weight is 310 g/mol. The topological polar surface area (TPSA) is 22.1 Å². The molecule has 0 bridgehead atoms. The van der Waals surface area contributed by atoms with Crippen molar-refractivity contribution in [2.24, 2.45) is 0 Å². The van der Waals surface area contributed by atoms with Crippen LogP contribution < -0.4 is 4.74 Å². The number of ether oxygens (including phenoxy) is 1. The minimum Gasteiger partial charge on any atom is -0.497 e. The van der Waals surface area contributed by atoms with Gasteiger partial charge in [-0.1, -0.05) is 48.0 Å². The number of aromatic nitrogens is 1. The summed E-state index contributed by atoms with van der Waals surface area (Å²) in [6, 6.07) is 18.6. The fourth-order valence-corrected chi connectivity index (χ4v) is 3.56. The van der Waals surface area contributed by atoms with Gasteiger partial charge < -0.3 is 4.74 Å². The zero-order valence-electron chi connectivity index (χ0n) is 12.3. The Hall–Kier alpha value is -2.06. The van der Waals surface area contributed by atoms with Gasteiger partial charge in [-0.2, -0.15) is 0 Å². The molecule has 0 spiro atoms. The summed E-state index contributed by atoms with van der Waals surface area (Å²) in [5, 5.41) is 0.655. The smallest absolute Gasteiger partial charge is 0.133 e. The van der Waals surface area contributed by atoms with Crippen LogP contribution in [-0.2, 0) is 0 Å². The molecule has 2 atom stereocenters. The van der Waals surface area contributed by atoms with E-state index in [1.807, 2.05) is 30.3 Å². The number of halogens is 1. The van der Waals surface area contributed by atoms with E-state index in [0.717, 1.165) is 17.9 Å². The maximum Gasteiger partial charge on any atom is 0.133 e. The average Bonchev–Trinajstić information content (AvgIpc) is 3.30. The molecular formula is C19H16ClNO. The third kappa shape index (κ3) is 2.24. The third-order valence-corrected chi connectivity index (χ3v) is 4.74. The van der Waals surface area contributed by atoms with Gasteiger partial charge in [0.05, 0.1) is 12.8 Å². The van der Waals surface area contributed by atoms with Crippen LogP contribution in [0.15, 0.2) is 54.6 Å². The van der Waals surface area contributed by atoms with Crippen molar-refractivity contribution in [1.82, 2.24) is 4.98 Å². The molecule has 4 rings (SSSR count). The Bertz CT molecular complexity index is 784. The minimum atomic E-state index is 0.466. The molecule has 0 N–H and O–H groups in total. The van der Waals surface area contributed by atoms with Crippen LogP contribution in [0.5, 0.6) is 5.75 Å². The zero-order chi connectivity index (χ0) is 15.1. The van der Waals surface area contributed by atoms with Gasteiger partial charge in [0.2, 0.25) is 0 Å². The highest BCUT2D eigenvalue weighted by Gasteiger charge is 2.43. The normalized spacial score (nSPS) is 20.1. The summed E-state index contributed by atoms with van der Waals surface area (Å²) in [5.41, 5.74) is 4.70. The number of methoxy groups -OCH3 is 1. The fraction of sp³-hybridized carbons (Fsp3) is 0.211. The van der Waals surface area contributed by atoms with Gasteiger partial charge in [0.15, 0.2) is 0 Å². The van der Waals surface area contributed by atoms with Crippen molar-refractivity contribution >= 4 is 11.6 Å². The number of nitrogens with zero attached hydrogens (tertiary/aromatic N) is 1. The molecular weight excluding hydrogens is 294 g/mol. The molecule has 0 radical (unpaired) electrons. The van der Waals surface area contributed by atoms with Crippen molar-refractivity contribution in [1.29, 1.82) is 0 Å². The van der Waals surface area contributed by atoms with Crippen molar-refractivity contribution < 1.29 is 4.74 Å². The van der Waals surface area contributed by atoms with Gasteiger partial charge in [-0.05, 0) is 42.0 Å². The Morgan fingerprint density at radius 2 is 1.77 bits per heavy atom. The SMILES string of the molecule is COc1ccc([C@@H]2C[C@@H]2c2c3cccccc-3nc2Cl)cc1. The quantitative estimate of drug-likeness (QED) is 0.670. The summed E-state index contributed by atoms with van der Waals surface area (Å²) in [5.74, 6) is 1.89. The zero-order valence-corrected chi connectivity index (χ0v) is 13.0. The van der Waals surface area contributed by atoms with Crippen LogP contribution in [0.25, 0.3) is 11.3 Å². The molecule has 0 unspecified atom stereocenters. The van der Waals surface area contributed by atoms with Crippen molar-refractivity contribution in [3.05, 3.63) is 70.9 Å². The second kappa shape index (κ2) is 5.29. The predicted octanol–water partition coefficient (Wildman–Crippen LogP) is 5.12. The van der Waals surface area contributed by atoms with Gasteiger partial charge in [0.25, 0.3) is 0 Å². The van der Waals surface area contributed by atoms with Gasteiger partial charge in [0.1, 0.15) is 10.9 Å². The van der Waals surface area contributed by atoms with Gasteiger partial charge in [-0.25, -0.2) is 4.98 Å². The number of hydrogen-bond acceptors (Lipinski definition) is 2. The van der Waals surface area contributed by atoms with Gasteiger partial charge >= 0.3 is 0 Å². The molecule has 1 heterocycles. The van der Waals surface area contributed by atoms with E-state index in [9.17, 15) is 0 Å². The molecule has 2 aliphatic carbocycles. The Morgan fingerprint density at radius 1 is 1.00 bits per heavy atom. The van der Waals surface area contributed by atoms with E-state index < -0.39 is 0 Å². The van der Waals surface area contributed by atoms with E-state index in [0.29, 0.717) is 17.0 Å². The summed E-state index contributed by atoms with van der Waals surface area (Å²) in [6.07, 6.45) is 1.13. The molecule has 0 aromatic heterocycles. The third-order valence-electron chi connectivity index (χ3n) is 4.45. The van der Waals surface area contributed by atoms with E-state index in [-0.39, 0.29) is 0 Å². The fourth-order valence-electron chi connectivity index (χ4n) is 3.23. The molecule has 110 valence electrons. The first-order valence-electron chi connectivity index (χ1n) is 7.46. The van der Waals surface area contributed by atoms with Crippen molar-refractivity contribution in [3.63, 3.8) is 0 Å². The van der Waals surface area contributed by atoms with Crippen LogP contribution in [0.4, 0.5) is 0 Å². The summed E-state index contributed by atoms with van der Waals surface area (Å²) in [4.78, 5) is 4.52. The van der Waals surface area contributed by atoms with Crippen LogP contribution in [0.3, 0.4) is 0 Å². The highest BCUT2D eigenvalue weighted by atomic mass is 35.5. The Kier molecular flexibility index (Phi) is 3.27. The molecule has 0 saturated heterocycles. The second-order valence-corrected chi connectivity index (χ2v) is 6.11. The van der Waals surface area contributed by atoms with Crippen molar-refractivity contribution in [2.75, 3.05) is 7.11 Å². The van der Waals surface area contributed by atoms with Crippen LogP contribution in [0, 0.1) is 0 Å². The van der Waals surface area contributed by atoms with E-state index in [2.05, 4.69) is 29.2 Å². The largest absolute Gasteiger partial charge is 0.497 e. The number of benzene rings is 1. The van der Waals surface area contributed by atoms with Gasteiger partial charge in [-0.3, -0.25) is 0 Å². The lowest BCUT2D eigenvalue weighted by Gasteiger charge is -2.04. The second-order valence-electron chi connectivity index (χ2n) is 5.75. The molecule has 1 aromatic carbocycles. The lowest BCUT2D eigenvalue weighted by molar-refractivity contribution is 0.414. The van der Waals surface area contributed by atoms with E-state index in [1.54, 1.807) is 7.11 Å². The van der Waals surface area contributed by atoms with Gasteiger partial charge in [0, 0.05) is 11.1 Å². The lowest BCUT2D eigenvalue weighted by Crippen LogP contribution is -1.87. The maximum atomic E-state index is 6.42. The lowest BCUT2D eigenvalue weighted by atomic mass is 10.0. The Labute approximate surface area is 135 Å². The Morgan fingerprint density at radius 3 is 2.55 bits per heavy atom. The molecule has 2 nitrogen and oxygen atoms in total. The standard InChI is InChI=1S/C19H16ClNO/c1-22-13-9-7-12(8-10-13)15-11-16(15)18-14-5-3-2-4-6-17(14)21-19(18)20/h2-10,15-16H,11H2,1H3/t15-,16-/m0/s1. The predicted molar refractivity (Wildman–Crippen MR) is 89.0 cm³/mol. The molecule has 3 heteroatoms. The van der Waals surface area contributed by atoms with E-state index >= 15 is 0 Å². The number of hydrogen-bond donors (Lipinski definition) is 0. The summed E-state index contributed by atoms with van der Waals surface area (Å²) in [7, 11) is 1.69. The van der Waals surface area contributed by atoms with E-state index in [1.165, 1.54) is 16.7 Å². The summed E-state index contributed by atoms with van der Waals surface area (Å²) >= 11 is 6.42. The maximum absolute atomic E-state index is 6.42. The first-order chi connectivity index (χ1) is 10.8. The molecule has 1 saturated carbocycles. The van der Waals surface area contributed by atoms with Crippen molar-refractivity contribution in [2.45, 2.75) is 18.3 Å². The molecule has 1 fully saturated rings. The number of rotatable bonds is 3. The number of fused-ring (bicyclic) bond motifs is 1. The Balaban J connectivity index is 1.66. The molecule has 1 aromatic rings. The van der Waals surface area contributed by atoms with Crippen LogP contribution in [0.2, 0.25) is 5.15 Å². The molecule has 0 amide bonds. The molecule has 22 heavy (non-hydrogen) atoms. The highest BCUT2D eigenvalue weighted by molar-refractivity contribution is 6.31. The first-order valence-corrected chi connectivity index (χ1v) is 7.84. The van der Waals surface area contributed by atoms with Crippen LogP contribution in [-0.4, -0.2) is 12.1 Å². The van der Waals surface area contributed by atoms with Gasteiger partial charge in [-0.15, -0.1) is 0 Å². The van der Waals surface area contributed by atoms with Crippen LogP contribution in [0.1, 0.15) is 29.4 Å². The summed E-state index contributed by atoms with van der Waals surface area (Å²) in [6.45, 7) is 0. The first kappa shape index (κ1) is 13.6. The van der Waals surface area contributed by atoms with E-state index in [4.69, 9.17) is 16.3 Å². The monoisotopic (exact) mass is 309 g/mol. The molecule has 3 aliphatic rings. The minimum absolute atomic E-state index is 0.466.